The number of anilines is 1. The molecule has 0 radical (unpaired) electrons. The molecule has 0 saturated carbocycles. The molecule has 0 aliphatic carbocycles. The van der Waals surface area contributed by atoms with Gasteiger partial charge < -0.3 is 5.73 Å². The van der Waals surface area contributed by atoms with E-state index < -0.39 is 0 Å². The standard InChI is InChI=1S/C18H19Cl2N3/c1-3-23(4-2)11-13-6-5-12(7-14(13)10-21)18-16(19)8-15(22)9-17(18)20/h5-9H,3-4,11,22H2,1-2H3. The second-order valence-corrected chi connectivity index (χ2v) is 6.12. The molecule has 23 heavy (non-hydrogen) atoms. The Labute approximate surface area is 147 Å². The predicted octanol–water partition coefficient (Wildman–Crippen LogP) is 4.96. The lowest BCUT2D eigenvalue weighted by Gasteiger charge is -2.19. The zero-order chi connectivity index (χ0) is 17.0. The molecule has 0 amide bonds. The van der Waals surface area contributed by atoms with Crippen LogP contribution in [0.25, 0.3) is 11.1 Å². The van der Waals surface area contributed by atoms with Crippen LogP contribution in [0, 0.1) is 11.3 Å². The quantitative estimate of drug-likeness (QED) is 0.778. The van der Waals surface area contributed by atoms with Gasteiger partial charge in [-0.25, -0.2) is 0 Å². The van der Waals surface area contributed by atoms with Gasteiger partial charge in [0, 0.05) is 17.8 Å². The molecule has 0 aromatic heterocycles. The van der Waals surface area contributed by atoms with Crippen LogP contribution in [0.2, 0.25) is 10.0 Å². The number of hydrogen-bond acceptors (Lipinski definition) is 3. The van der Waals surface area contributed by atoms with E-state index in [4.69, 9.17) is 28.9 Å². The van der Waals surface area contributed by atoms with Crippen molar-refractivity contribution >= 4 is 28.9 Å². The van der Waals surface area contributed by atoms with Gasteiger partial charge in [-0.05, 0) is 42.4 Å². The molecule has 2 rings (SSSR count). The molecule has 0 bridgehead atoms. The Kier molecular flexibility index (Phi) is 5.90. The number of nitrogens with zero attached hydrogens (tertiary/aromatic N) is 2. The van der Waals surface area contributed by atoms with E-state index in [-0.39, 0.29) is 0 Å². The van der Waals surface area contributed by atoms with Crippen molar-refractivity contribution in [3.8, 4) is 17.2 Å². The van der Waals surface area contributed by atoms with Crippen LogP contribution in [-0.4, -0.2) is 18.0 Å². The molecular formula is C18H19Cl2N3. The first-order chi connectivity index (χ1) is 11.0. The average Bonchev–Trinajstić information content (AvgIpc) is 2.52. The minimum absolute atomic E-state index is 0.482. The Hall–Kier alpha value is -1.73. The Morgan fingerprint density at radius 3 is 2.22 bits per heavy atom. The van der Waals surface area contributed by atoms with Gasteiger partial charge in [0.05, 0.1) is 21.7 Å². The largest absolute Gasteiger partial charge is 0.399 e. The Bertz CT molecular complexity index is 723. The minimum Gasteiger partial charge on any atom is -0.399 e. The summed E-state index contributed by atoms with van der Waals surface area (Å²) in [5.41, 5.74) is 9.42. The van der Waals surface area contributed by atoms with E-state index in [9.17, 15) is 5.26 Å². The summed E-state index contributed by atoms with van der Waals surface area (Å²) >= 11 is 12.6. The molecule has 0 fully saturated rings. The normalized spacial score (nSPS) is 10.8. The number of nitrogen functional groups attached to an aromatic ring is 1. The van der Waals surface area contributed by atoms with Gasteiger partial charge in [0.1, 0.15) is 0 Å². The summed E-state index contributed by atoms with van der Waals surface area (Å²) in [6.07, 6.45) is 0. The minimum atomic E-state index is 0.482. The molecule has 0 spiro atoms. The topological polar surface area (TPSA) is 53.0 Å². The summed E-state index contributed by atoms with van der Waals surface area (Å²) in [5.74, 6) is 0. The van der Waals surface area contributed by atoms with Crippen LogP contribution in [0.5, 0.6) is 0 Å². The summed E-state index contributed by atoms with van der Waals surface area (Å²) < 4.78 is 0. The Morgan fingerprint density at radius 1 is 1.09 bits per heavy atom. The van der Waals surface area contributed by atoms with Gasteiger partial charge in [-0.2, -0.15) is 5.26 Å². The summed E-state index contributed by atoms with van der Waals surface area (Å²) in [6.45, 7) is 6.85. The number of hydrogen-bond donors (Lipinski definition) is 1. The molecule has 120 valence electrons. The molecule has 0 aliphatic rings. The highest BCUT2D eigenvalue weighted by molar-refractivity contribution is 6.39. The first-order valence-electron chi connectivity index (χ1n) is 7.50. The van der Waals surface area contributed by atoms with Gasteiger partial charge in [-0.1, -0.05) is 49.2 Å². The van der Waals surface area contributed by atoms with Crippen LogP contribution in [0.1, 0.15) is 25.0 Å². The zero-order valence-electron chi connectivity index (χ0n) is 13.2. The first kappa shape index (κ1) is 17.6. The highest BCUT2D eigenvalue weighted by Gasteiger charge is 2.13. The second-order valence-electron chi connectivity index (χ2n) is 5.30. The molecule has 0 aliphatic heterocycles. The molecule has 3 nitrogen and oxygen atoms in total. The third-order valence-electron chi connectivity index (χ3n) is 3.87. The lowest BCUT2D eigenvalue weighted by atomic mass is 9.99. The van der Waals surface area contributed by atoms with Crippen molar-refractivity contribution in [3.05, 3.63) is 51.5 Å². The molecule has 2 N–H and O–H groups in total. The molecule has 0 heterocycles. The highest BCUT2D eigenvalue weighted by atomic mass is 35.5. The van der Waals surface area contributed by atoms with Crippen molar-refractivity contribution < 1.29 is 0 Å². The molecule has 0 atom stereocenters. The number of nitriles is 1. The predicted molar refractivity (Wildman–Crippen MR) is 97.7 cm³/mol. The Morgan fingerprint density at radius 2 is 1.70 bits per heavy atom. The maximum atomic E-state index is 9.48. The molecule has 0 unspecified atom stereocenters. The van der Waals surface area contributed by atoms with Crippen LogP contribution >= 0.6 is 23.2 Å². The first-order valence-corrected chi connectivity index (χ1v) is 8.26. The van der Waals surface area contributed by atoms with E-state index >= 15 is 0 Å². The maximum Gasteiger partial charge on any atom is 0.0995 e. The van der Waals surface area contributed by atoms with E-state index in [1.54, 1.807) is 12.1 Å². The van der Waals surface area contributed by atoms with E-state index in [1.807, 2.05) is 18.2 Å². The fraction of sp³-hybridized carbons (Fsp3) is 0.278. The monoisotopic (exact) mass is 347 g/mol. The number of benzene rings is 2. The lowest BCUT2D eigenvalue weighted by Crippen LogP contribution is -2.22. The summed E-state index contributed by atoms with van der Waals surface area (Å²) in [6, 6.07) is 11.4. The summed E-state index contributed by atoms with van der Waals surface area (Å²) in [7, 11) is 0. The smallest absolute Gasteiger partial charge is 0.0995 e. The molecule has 2 aromatic rings. The third kappa shape index (κ3) is 3.97. The molecule has 5 heteroatoms. The second kappa shape index (κ2) is 7.70. The number of nitrogens with two attached hydrogens (primary N) is 1. The van der Waals surface area contributed by atoms with Gasteiger partial charge >= 0.3 is 0 Å². The van der Waals surface area contributed by atoms with Crippen molar-refractivity contribution in [1.82, 2.24) is 4.90 Å². The SMILES string of the molecule is CCN(CC)Cc1ccc(-c2c(Cl)cc(N)cc2Cl)cc1C#N. The summed E-state index contributed by atoms with van der Waals surface area (Å²) in [4.78, 5) is 2.26. The van der Waals surface area contributed by atoms with E-state index in [0.717, 1.165) is 30.8 Å². The van der Waals surface area contributed by atoms with Gasteiger partial charge in [-0.3, -0.25) is 4.90 Å². The summed E-state index contributed by atoms with van der Waals surface area (Å²) in [5, 5.41) is 10.4. The van der Waals surface area contributed by atoms with Crippen molar-refractivity contribution in [2.24, 2.45) is 0 Å². The van der Waals surface area contributed by atoms with E-state index in [2.05, 4.69) is 24.8 Å². The molecule has 2 aromatic carbocycles. The van der Waals surface area contributed by atoms with Crippen LogP contribution in [-0.2, 0) is 6.54 Å². The molecule has 0 saturated heterocycles. The Balaban J connectivity index is 2.46. The number of rotatable bonds is 5. The van der Waals surface area contributed by atoms with Crippen LogP contribution in [0.15, 0.2) is 30.3 Å². The van der Waals surface area contributed by atoms with Crippen molar-refractivity contribution in [3.63, 3.8) is 0 Å². The molecular weight excluding hydrogens is 329 g/mol. The van der Waals surface area contributed by atoms with Gasteiger partial charge in [0.25, 0.3) is 0 Å². The maximum absolute atomic E-state index is 9.48. The van der Waals surface area contributed by atoms with Gasteiger partial charge in [0.2, 0.25) is 0 Å². The van der Waals surface area contributed by atoms with Crippen LogP contribution < -0.4 is 5.73 Å². The van der Waals surface area contributed by atoms with Crippen molar-refractivity contribution in [2.75, 3.05) is 18.8 Å². The lowest BCUT2D eigenvalue weighted by molar-refractivity contribution is 0.295. The fourth-order valence-electron chi connectivity index (χ4n) is 2.53. The van der Waals surface area contributed by atoms with Gasteiger partial charge in [0.15, 0.2) is 0 Å². The van der Waals surface area contributed by atoms with Crippen molar-refractivity contribution in [2.45, 2.75) is 20.4 Å². The van der Waals surface area contributed by atoms with E-state index in [0.29, 0.717) is 26.9 Å². The fourth-order valence-corrected chi connectivity index (χ4v) is 3.25. The average molecular weight is 348 g/mol. The van der Waals surface area contributed by atoms with E-state index in [1.165, 1.54) is 0 Å². The van der Waals surface area contributed by atoms with Gasteiger partial charge in [-0.15, -0.1) is 0 Å². The zero-order valence-corrected chi connectivity index (χ0v) is 14.7. The van der Waals surface area contributed by atoms with Crippen LogP contribution in [0.3, 0.4) is 0 Å². The van der Waals surface area contributed by atoms with Crippen molar-refractivity contribution in [1.29, 1.82) is 5.26 Å². The van der Waals surface area contributed by atoms with Crippen LogP contribution in [0.4, 0.5) is 5.69 Å². The highest BCUT2D eigenvalue weighted by Crippen LogP contribution is 2.37. The third-order valence-corrected chi connectivity index (χ3v) is 4.47. The number of halogens is 2.